The number of nitrogens with one attached hydrogen (secondary N) is 2. The highest BCUT2D eigenvalue weighted by Crippen LogP contribution is 2.39. The van der Waals surface area contributed by atoms with Crippen LogP contribution in [0.5, 0.6) is 11.5 Å². The highest BCUT2D eigenvalue weighted by Gasteiger charge is 2.43. The molecule has 2 aromatic rings. The molecule has 2 aromatic carbocycles. The summed E-state index contributed by atoms with van der Waals surface area (Å²) in [5.41, 5.74) is -1.09. The Balaban J connectivity index is 2.10. The molecule has 0 bridgehead atoms. The van der Waals surface area contributed by atoms with Gasteiger partial charge in [0.05, 0.1) is 54.5 Å². The molecule has 3 rings (SSSR count). The summed E-state index contributed by atoms with van der Waals surface area (Å²) in [6.45, 7) is 5.87. The summed E-state index contributed by atoms with van der Waals surface area (Å²) < 4.78 is 10.9. The van der Waals surface area contributed by atoms with Gasteiger partial charge in [0.2, 0.25) is 11.8 Å². The maximum atomic E-state index is 13.6. The molecular weight excluding hydrogens is 482 g/mol. The standard InChI is InChI=1S/C26H29N3O8/c1-6-37-20-12-15(10-11-19(20)36-5)18(13-21(31)28-26(3,4)25(34)35)29-23(32)16-8-7-9-17(27-14(2)30)22(16)24(29)33/h7-12,18H,6,13H2,1-5H3,(H,27,30)(H,28,31)(H,34,35)/p-1. The molecular formula is C26H28N3O8-. The van der Waals surface area contributed by atoms with Gasteiger partial charge in [-0.3, -0.25) is 24.1 Å². The molecule has 4 amide bonds. The number of ether oxygens (including phenoxy) is 2. The highest BCUT2D eigenvalue weighted by molar-refractivity contribution is 6.24. The zero-order chi connectivity index (χ0) is 27.5. The number of carboxylic acid groups (broad SMARTS) is 1. The van der Waals surface area contributed by atoms with Crippen LogP contribution in [0.2, 0.25) is 0 Å². The van der Waals surface area contributed by atoms with E-state index in [-0.39, 0.29) is 16.8 Å². The second kappa shape index (κ2) is 10.7. The van der Waals surface area contributed by atoms with E-state index in [4.69, 9.17) is 9.47 Å². The predicted molar refractivity (Wildman–Crippen MR) is 130 cm³/mol. The monoisotopic (exact) mass is 510 g/mol. The third kappa shape index (κ3) is 5.55. The zero-order valence-corrected chi connectivity index (χ0v) is 21.2. The van der Waals surface area contributed by atoms with Gasteiger partial charge in [-0.25, -0.2) is 0 Å². The fourth-order valence-electron chi connectivity index (χ4n) is 4.03. The summed E-state index contributed by atoms with van der Waals surface area (Å²) in [7, 11) is 1.46. The fourth-order valence-corrected chi connectivity index (χ4v) is 4.03. The third-order valence-electron chi connectivity index (χ3n) is 5.78. The van der Waals surface area contributed by atoms with Crippen molar-refractivity contribution in [2.24, 2.45) is 0 Å². The molecule has 0 saturated heterocycles. The Bertz CT molecular complexity index is 1270. The van der Waals surface area contributed by atoms with Gasteiger partial charge < -0.3 is 30.0 Å². The summed E-state index contributed by atoms with van der Waals surface area (Å²) in [6, 6.07) is 8.07. The Labute approximate surface area is 213 Å². The van der Waals surface area contributed by atoms with Crippen molar-refractivity contribution in [1.82, 2.24) is 10.2 Å². The van der Waals surface area contributed by atoms with E-state index in [1.165, 1.54) is 46.1 Å². The second-order valence-corrected chi connectivity index (χ2v) is 8.91. The Morgan fingerprint density at radius 2 is 1.78 bits per heavy atom. The van der Waals surface area contributed by atoms with Gasteiger partial charge in [0.15, 0.2) is 11.5 Å². The van der Waals surface area contributed by atoms with E-state index in [0.717, 1.165) is 4.90 Å². The molecule has 1 atom stereocenters. The molecule has 2 N–H and O–H groups in total. The van der Waals surface area contributed by atoms with Gasteiger partial charge in [0, 0.05) is 6.92 Å². The van der Waals surface area contributed by atoms with Gasteiger partial charge in [-0.2, -0.15) is 0 Å². The van der Waals surface area contributed by atoms with Crippen LogP contribution in [0.25, 0.3) is 0 Å². The number of carboxylic acids is 1. The van der Waals surface area contributed by atoms with E-state index in [9.17, 15) is 29.1 Å². The van der Waals surface area contributed by atoms with Crippen LogP contribution in [0.3, 0.4) is 0 Å². The van der Waals surface area contributed by atoms with Crippen LogP contribution in [-0.2, 0) is 14.4 Å². The number of fused-ring (bicyclic) bond motifs is 1. The molecule has 1 aliphatic rings. The fraction of sp³-hybridized carbons (Fsp3) is 0.346. The average molecular weight is 511 g/mol. The summed E-state index contributed by atoms with van der Waals surface area (Å²) >= 11 is 0. The Hall–Kier alpha value is -4.41. The number of imide groups is 1. The second-order valence-electron chi connectivity index (χ2n) is 8.91. The van der Waals surface area contributed by atoms with Crippen LogP contribution in [0.1, 0.15) is 66.4 Å². The van der Waals surface area contributed by atoms with E-state index in [2.05, 4.69) is 10.6 Å². The van der Waals surface area contributed by atoms with Gasteiger partial charge in [0.25, 0.3) is 11.8 Å². The number of methoxy groups -OCH3 is 1. The first-order chi connectivity index (χ1) is 17.4. The third-order valence-corrected chi connectivity index (χ3v) is 5.78. The Morgan fingerprint density at radius 1 is 1.08 bits per heavy atom. The zero-order valence-electron chi connectivity index (χ0n) is 21.2. The summed E-state index contributed by atoms with van der Waals surface area (Å²) in [5.74, 6) is -3.30. The summed E-state index contributed by atoms with van der Waals surface area (Å²) in [5, 5.41) is 16.3. The smallest absolute Gasteiger partial charge is 0.264 e. The molecule has 37 heavy (non-hydrogen) atoms. The molecule has 196 valence electrons. The largest absolute Gasteiger partial charge is 0.548 e. The van der Waals surface area contributed by atoms with Crippen LogP contribution < -0.4 is 25.2 Å². The van der Waals surface area contributed by atoms with Crippen molar-refractivity contribution in [1.29, 1.82) is 0 Å². The first-order valence-electron chi connectivity index (χ1n) is 11.5. The lowest BCUT2D eigenvalue weighted by Gasteiger charge is -2.31. The number of amides is 4. The van der Waals surface area contributed by atoms with Crippen molar-refractivity contribution in [3.05, 3.63) is 53.1 Å². The topological polar surface area (TPSA) is 154 Å². The maximum absolute atomic E-state index is 13.6. The average Bonchev–Trinajstić information content (AvgIpc) is 3.07. The number of aliphatic carboxylic acids is 1. The molecule has 0 saturated carbocycles. The van der Waals surface area contributed by atoms with Crippen molar-refractivity contribution in [3.8, 4) is 11.5 Å². The van der Waals surface area contributed by atoms with E-state index in [0.29, 0.717) is 23.7 Å². The number of nitrogens with zero attached hydrogens (tertiary/aromatic N) is 1. The minimum atomic E-state index is -1.70. The molecule has 1 unspecified atom stereocenters. The van der Waals surface area contributed by atoms with Gasteiger partial charge >= 0.3 is 0 Å². The highest BCUT2D eigenvalue weighted by atomic mass is 16.5. The predicted octanol–water partition coefficient (Wildman–Crippen LogP) is 1.42. The van der Waals surface area contributed by atoms with E-state index in [1.54, 1.807) is 25.1 Å². The number of carbonyl (C=O) groups excluding carboxylic acids is 5. The quantitative estimate of drug-likeness (QED) is 0.455. The van der Waals surface area contributed by atoms with Crippen LogP contribution in [0, 0.1) is 0 Å². The molecule has 1 aliphatic heterocycles. The first kappa shape index (κ1) is 27.2. The van der Waals surface area contributed by atoms with Crippen LogP contribution in [0.4, 0.5) is 5.69 Å². The normalized spacial score (nSPS) is 13.6. The first-order valence-corrected chi connectivity index (χ1v) is 11.5. The van der Waals surface area contributed by atoms with Crippen molar-refractivity contribution in [2.45, 2.75) is 45.7 Å². The number of anilines is 1. The van der Waals surface area contributed by atoms with E-state index in [1.807, 2.05) is 0 Å². The van der Waals surface area contributed by atoms with Crippen molar-refractivity contribution >= 4 is 35.3 Å². The minimum absolute atomic E-state index is 0.00159. The van der Waals surface area contributed by atoms with E-state index >= 15 is 0 Å². The van der Waals surface area contributed by atoms with Gasteiger partial charge in [-0.15, -0.1) is 0 Å². The SMILES string of the molecule is CCOc1cc(C(CC(=O)NC(C)(C)C(=O)[O-])N2C(=O)c3cccc(NC(C)=O)c3C2=O)ccc1OC. The van der Waals surface area contributed by atoms with Crippen molar-refractivity contribution < 1.29 is 38.6 Å². The van der Waals surface area contributed by atoms with Crippen molar-refractivity contribution in [2.75, 3.05) is 19.0 Å². The molecule has 0 aromatic heterocycles. The lowest BCUT2D eigenvalue weighted by molar-refractivity contribution is -0.313. The molecule has 1 heterocycles. The molecule has 0 fully saturated rings. The summed E-state index contributed by atoms with van der Waals surface area (Å²) in [4.78, 5) is 64.1. The molecule has 0 spiro atoms. The number of carbonyl (C=O) groups is 5. The number of benzene rings is 2. The van der Waals surface area contributed by atoms with Crippen molar-refractivity contribution in [3.63, 3.8) is 0 Å². The van der Waals surface area contributed by atoms with Gasteiger partial charge in [-0.05, 0) is 50.6 Å². The lowest BCUT2D eigenvalue weighted by Crippen LogP contribution is -2.56. The van der Waals surface area contributed by atoms with Gasteiger partial charge in [0.1, 0.15) is 0 Å². The molecule has 0 radical (unpaired) electrons. The van der Waals surface area contributed by atoms with Gasteiger partial charge in [-0.1, -0.05) is 12.1 Å². The Kier molecular flexibility index (Phi) is 7.85. The van der Waals surface area contributed by atoms with Crippen LogP contribution >= 0.6 is 0 Å². The summed E-state index contributed by atoms with van der Waals surface area (Å²) in [6.07, 6.45) is -0.449. The molecule has 0 aliphatic carbocycles. The maximum Gasteiger partial charge on any atom is 0.264 e. The number of hydrogen-bond donors (Lipinski definition) is 2. The minimum Gasteiger partial charge on any atom is -0.548 e. The number of rotatable bonds is 10. The molecule has 11 nitrogen and oxygen atoms in total. The Morgan fingerprint density at radius 3 is 2.38 bits per heavy atom. The lowest BCUT2D eigenvalue weighted by atomic mass is 9.99. The molecule has 11 heteroatoms. The number of hydrogen-bond acceptors (Lipinski definition) is 8. The van der Waals surface area contributed by atoms with E-state index < -0.39 is 47.6 Å². The van der Waals surface area contributed by atoms with Crippen LogP contribution in [-0.4, -0.2) is 53.8 Å². The van der Waals surface area contributed by atoms with Crippen LogP contribution in [0.15, 0.2) is 36.4 Å².